The Morgan fingerprint density at radius 1 is 1.08 bits per heavy atom. The zero-order chi connectivity index (χ0) is 27.7. The molecule has 4 aromatic rings. The molecule has 4 aromatic heterocycles. The molecule has 202 valence electrons. The second-order valence-corrected chi connectivity index (χ2v) is 12.1. The van der Waals surface area contributed by atoms with E-state index >= 15 is 0 Å². The summed E-state index contributed by atoms with van der Waals surface area (Å²) in [6.07, 6.45) is 4.74. The third-order valence-electron chi connectivity index (χ3n) is 6.52. The van der Waals surface area contributed by atoms with E-state index < -0.39 is 9.73 Å². The van der Waals surface area contributed by atoms with Crippen molar-refractivity contribution in [2.75, 3.05) is 24.2 Å². The molecule has 1 amide bonds. The van der Waals surface area contributed by atoms with Crippen molar-refractivity contribution in [3.63, 3.8) is 0 Å². The Kier molecular flexibility index (Phi) is 7.28. The molecule has 1 aliphatic rings. The molecule has 0 aliphatic carbocycles. The van der Waals surface area contributed by atoms with Gasteiger partial charge in [-0.05, 0) is 57.2 Å². The number of ether oxygens (including phenoxy) is 1. The number of carbonyl (C=O) groups is 1. The van der Waals surface area contributed by atoms with Crippen molar-refractivity contribution in [1.29, 1.82) is 4.78 Å². The monoisotopic (exact) mass is 545 g/mol. The lowest BCUT2D eigenvalue weighted by Gasteiger charge is -2.36. The van der Waals surface area contributed by atoms with Crippen LogP contribution in [-0.2, 0) is 21.0 Å². The summed E-state index contributed by atoms with van der Waals surface area (Å²) in [4.78, 5) is 33.6. The van der Waals surface area contributed by atoms with Crippen molar-refractivity contribution in [2.45, 2.75) is 44.4 Å². The fourth-order valence-corrected chi connectivity index (χ4v) is 5.68. The maximum absolute atomic E-state index is 12.7. The summed E-state index contributed by atoms with van der Waals surface area (Å²) in [7, 11) is -3.00. The van der Waals surface area contributed by atoms with Gasteiger partial charge in [0.05, 0.1) is 67.2 Å². The third-order valence-corrected chi connectivity index (χ3v) is 7.78. The molecule has 5 heterocycles. The molecule has 0 aromatic carbocycles. The number of amides is 1. The van der Waals surface area contributed by atoms with Crippen LogP contribution in [0.2, 0.25) is 0 Å². The topological polar surface area (TPSA) is 134 Å². The summed E-state index contributed by atoms with van der Waals surface area (Å²) in [6.45, 7) is 7.56. The van der Waals surface area contributed by atoms with Crippen LogP contribution in [0.5, 0.6) is 0 Å². The maximum Gasteiger partial charge on any atom is 0.253 e. The zero-order valence-corrected chi connectivity index (χ0v) is 23.2. The van der Waals surface area contributed by atoms with Crippen LogP contribution in [0.15, 0.2) is 59.8 Å². The van der Waals surface area contributed by atoms with Crippen LogP contribution in [0, 0.1) is 11.7 Å². The highest BCUT2D eigenvalue weighted by Crippen LogP contribution is 2.24. The second kappa shape index (κ2) is 10.7. The van der Waals surface area contributed by atoms with Gasteiger partial charge in [0, 0.05) is 37.1 Å². The first kappa shape index (κ1) is 26.6. The summed E-state index contributed by atoms with van der Waals surface area (Å²) < 4.78 is 25.9. The van der Waals surface area contributed by atoms with Crippen molar-refractivity contribution < 1.29 is 13.7 Å². The van der Waals surface area contributed by atoms with E-state index in [-0.39, 0.29) is 35.1 Å². The van der Waals surface area contributed by atoms with E-state index in [1.165, 1.54) is 18.5 Å². The number of pyridine rings is 4. The summed E-state index contributed by atoms with van der Waals surface area (Å²) in [5, 5.41) is 3.70. The number of fused-ring (bicyclic) bond motifs is 1. The average molecular weight is 546 g/mol. The molecule has 3 atom stereocenters. The van der Waals surface area contributed by atoms with E-state index in [4.69, 9.17) is 19.5 Å². The molecule has 1 fully saturated rings. The Bertz CT molecular complexity index is 1650. The molecule has 0 saturated carbocycles. The maximum atomic E-state index is 12.7. The molecule has 0 unspecified atom stereocenters. The molecule has 0 radical (unpaired) electrons. The van der Waals surface area contributed by atoms with E-state index in [1.807, 2.05) is 36.4 Å². The van der Waals surface area contributed by atoms with Crippen LogP contribution in [0.1, 0.15) is 35.6 Å². The Hall–Kier alpha value is -3.96. The minimum absolute atomic E-state index is 0.138. The van der Waals surface area contributed by atoms with Crippen molar-refractivity contribution >= 4 is 32.4 Å². The van der Waals surface area contributed by atoms with Gasteiger partial charge in [-0.1, -0.05) is 6.07 Å². The van der Waals surface area contributed by atoms with Gasteiger partial charge in [-0.25, -0.2) is 19.0 Å². The van der Waals surface area contributed by atoms with Crippen molar-refractivity contribution in [3.8, 4) is 11.4 Å². The minimum Gasteiger partial charge on any atom is -0.372 e. The molecule has 10 nitrogen and oxygen atoms in total. The number of nitrogens with one attached hydrogen (secondary N) is 2. The van der Waals surface area contributed by atoms with E-state index in [2.05, 4.69) is 34.0 Å². The van der Waals surface area contributed by atoms with Crippen molar-refractivity contribution in [1.82, 2.24) is 25.3 Å². The molecule has 0 spiro atoms. The first-order chi connectivity index (χ1) is 18.6. The number of aromatic nitrogens is 4. The predicted octanol–water partition coefficient (Wildman–Crippen LogP) is 3.97. The van der Waals surface area contributed by atoms with Crippen LogP contribution in [0.3, 0.4) is 0 Å². The largest absolute Gasteiger partial charge is 0.372 e. The van der Waals surface area contributed by atoms with E-state index in [1.54, 1.807) is 13.1 Å². The average Bonchev–Trinajstić information content (AvgIpc) is 2.90. The molecule has 1 saturated heterocycles. The number of nitrogens with zero attached hydrogens (tertiary/aromatic N) is 5. The van der Waals surface area contributed by atoms with Gasteiger partial charge < -0.3 is 15.0 Å². The van der Waals surface area contributed by atoms with Gasteiger partial charge in [0.15, 0.2) is 0 Å². The number of rotatable bonds is 6. The summed E-state index contributed by atoms with van der Waals surface area (Å²) in [5.41, 5.74) is 3.62. The fraction of sp³-hybridized carbons (Fsp3) is 0.321. The van der Waals surface area contributed by atoms with Gasteiger partial charge in [-0.3, -0.25) is 14.8 Å². The number of anilines is 1. The molecular weight excluding hydrogens is 514 g/mol. The third kappa shape index (κ3) is 6.04. The van der Waals surface area contributed by atoms with E-state index in [9.17, 15) is 9.00 Å². The van der Waals surface area contributed by atoms with Gasteiger partial charge in [0.2, 0.25) is 0 Å². The Labute approximate surface area is 227 Å². The minimum atomic E-state index is -3.00. The highest BCUT2D eigenvalue weighted by atomic mass is 32.2. The molecule has 1 aliphatic heterocycles. The van der Waals surface area contributed by atoms with Crippen molar-refractivity contribution in [3.05, 3.63) is 71.8 Å². The summed E-state index contributed by atoms with van der Waals surface area (Å²) in [6, 6.07) is 13.2. The Morgan fingerprint density at radius 3 is 2.56 bits per heavy atom. The molecule has 0 bridgehead atoms. The van der Waals surface area contributed by atoms with Crippen molar-refractivity contribution in [2.24, 2.45) is 0 Å². The fourth-order valence-electron chi connectivity index (χ4n) is 4.71. The van der Waals surface area contributed by atoms with Crippen LogP contribution in [0.4, 0.5) is 5.82 Å². The first-order valence-corrected chi connectivity index (χ1v) is 14.7. The first-order valence-electron chi connectivity index (χ1n) is 12.7. The van der Waals surface area contributed by atoms with Gasteiger partial charge in [0.25, 0.3) is 5.91 Å². The lowest BCUT2D eigenvalue weighted by molar-refractivity contribution is -0.00545. The van der Waals surface area contributed by atoms with Crippen LogP contribution in [0.25, 0.3) is 22.3 Å². The Morgan fingerprint density at radius 2 is 1.82 bits per heavy atom. The quantitative estimate of drug-likeness (QED) is 0.372. The molecule has 5 rings (SSSR count). The second-order valence-electron chi connectivity index (χ2n) is 9.94. The SMILES string of the molecule is Cc1ncc(C(=O)NCc2cc3nc(-c4cccc(N5C[C@@H](C)O[C@@H](C)C5)n4)ccc3cn2)cc1[S@](C)(=N)=O. The number of hydrogen-bond acceptors (Lipinski definition) is 9. The van der Waals surface area contributed by atoms with Crippen LogP contribution < -0.4 is 10.2 Å². The highest BCUT2D eigenvalue weighted by molar-refractivity contribution is 7.91. The van der Waals surface area contributed by atoms with Gasteiger partial charge in [-0.2, -0.15) is 0 Å². The lowest BCUT2D eigenvalue weighted by atomic mass is 10.1. The number of carbonyl (C=O) groups excluding carboxylic acids is 1. The molecule has 39 heavy (non-hydrogen) atoms. The predicted molar refractivity (Wildman–Crippen MR) is 150 cm³/mol. The molecule has 2 N–H and O–H groups in total. The van der Waals surface area contributed by atoms with Gasteiger partial charge in [0.1, 0.15) is 5.82 Å². The summed E-state index contributed by atoms with van der Waals surface area (Å²) in [5.74, 6) is 0.511. The zero-order valence-electron chi connectivity index (χ0n) is 22.3. The number of morpholine rings is 1. The van der Waals surface area contributed by atoms with E-state index in [0.29, 0.717) is 11.4 Å². The molecule has 11 heteroatoms. The highest BCUT2D eigenvalue weighted by Gasteiger charge is 2.23. The van der Waals surface area contributed by atoms with E-state index in [0.717, 1.165) is 41.2 Å². The van der Waals surface area contributed by atoms with Crippen LogP contribution in [-0.4, -0.2) is 61.6 Å². The normalized spacial score (nSPS) is 19.0. The smallest absolute Gasteiger partial charge is 0.253 e. The molecular formula is C28H31N7O3S. The van der Waals surface area contributed by atoms with Crippen LogP contribution >= 0.6 is 0 Å². The van der Waals surface area contributed by atoms with Gasteiger partial charge in [-0.15, -0.1) is 0 Å². The van der Waals surface area contributed by atoms with Gasteiger partial charge >= 0.3 is 0 Å². The Balaban J connectivity index is 1.34. The standard InChI is InChI=1S/C28H31N7O3S/c1-17-15-35(16-18(2)38-17)27-7-5-6-23(34-27)24-9-8-20-12-31-22(11-25(20)33-24)14-32-28(36)21-10-26(39(4,29)37)19(3)30-13-21/h5-13,17-18,29H,14-16H2,1-4H3,(H,32,36)/t17-,18+,39-/m1/s1. The lowest BCUT2D eigenvalue weighted by Crippen LogP contribution is -2.45. The number of hydrogen-bond donors (Lipinski definition) is 2. The summed E-state index contributed by atoms with van der Waals surface area (Å²) >= 11 is 0. The number of aryl methyl sites for hydroxylation is 1.